The first-order chi connectivity index (χ1) is 8.42. The predicted octanol–water partition coefficient (Wildman–Crippen LogP) is 2.51. The number of carbonyl (C=O) groups excluding carboxylic acids is 1. The molecule has 1 atom stereocenters. The van der Waals surface area contributed by atoms with E-state index in [2.05, 4.69) is 33.0 Å². The Morgan fingerprint density at radius 2 is 2.17 bits per heavy atom. The number of hydrogen-bond acceptors (Lipinski definition) is 3. The van der Waals surface area contributed by atoms with Crippen LogP contribution in [0.25, 0.3) is 0 Å². The standard InChI is InChI=1S/C14H28N2OS/c1-5-9-16(10-12-7-6-8-15-12)13(17)11-18-14(2,3)4/h12,15H,5-11H2,1-4H3. The number of carbonyl (C=O) groups is 1. The average molecular weight is 272 g/mol. The molecule has 1 N–H and O–H groups in total. The Balaban J connectivity index is 2.41. The van der Waals surface area contributed by atoms with Gasteiger partial charge in [-0.1, -0.05) is 27.7 Å². The van der Waals surface area contributed by atoms with E-state index in [9.17, 15) is 4.79 Å². The van der Waals surface area contributed by atoms with Gasteiger partial charge in [-0.15, -0.1) is 11.8 Å². The normalized spacial score (nSPS) is 20.1. The van der Waals surface area contributed by atoms with E-state index in [1.807, 2.05) is 4.90 Å². The zero-order chi connectivity index (χ0) is 13.6. The fourth-order valence-electron chi connectivity index (χ4n) is 2.14. The predicted molar refractivity (Wildman–Crippen MR) is 80.1 cm³/mol. The summed E-state index contributed by atoms with van der Waals surface area (Å²) in [6, 6.07) is 0.514. The highest BCUT2D eigenvalue weighted by molar-refractivity contribution is 8.01. The molecule has 18 heavy (non-hydrogen) atoms. The molecule has 1 aliphatic rings. The van der Waals surface area contributed by atoms with Crippen molar-refractivity contribution in [3.8, 4) is 0 Å². The van der Waals surface area contributed by atoms with Crippen LogP contribution in [0.2, 0.25) is 0 Å². The Kier molecular flexibility index (Phi) is 6.50. The van der Waals surface area contributed by atoms with Crippen LogP contribution in [-0.4, -0.2) is 47.0 Å². The third-order valence-electron chi connectivity index (χ3n) is 3.08. The van der Waals surface area contributed by atoms with Crippen LogP contribution < -0.4 is 5.32 Å². The molecular weight excluding hydrogens is 244 g/mol. The highest BCUT2D eigenvalue weighted by Crippen LogP contribution is 2.23. The van der Waals surface area contributed by atoms with Crippen molar-refractivity contribution in [1.82, 2.24) is 10.2 Å². The van der Waals surface area contributed by atoms with Gasteiger partial charge >= 0.3 is 0 Å². The molecule has 0 bridgehead atoms. The molecule has 0 aliphatic carbocycles. The van der Waals surface area contributed by atoms with Gasteiger partial charge in [0, 0.05) is 23.9 Å². The Labute approximate surface area is 116 Å². The van der Waals surface area contributed by atoms with Gasteiger partial charge in [0.25, 0.3) is 0 Å². The van der Waals surface area contributed by atoms with E-state index in [1.54, 1.807) is 11.8 Å². The van der Waals surface area contributed by atoms with Gasteiger partial charge in [-0.2, -0.15) is 0 Å². The lowest BCUT2D eigenvalue weighted by Crippen LogP contribution is -2.42. The highest BCUT2D eigenvalue weighted by atomic mass is 32.2. The maximum atomic E-state index is 12.2. The van der Waals surface area contributed by atoms with Gasteiger partial charge in [0.15, 0.2) is 0 Å². The van der Waals surface area contributed by atoms with Crippen molar-refractivity contribution < 1.29 is 4.79 Å². The number of thioether (sulfide) groups is 1. The Bertz CT molecular complexity index is 257. The van der Waals surface area contributed by atoms with Crippen LogP contribution >= 0.6 is 11.8 Å². The third-order valence-corrected chi connectivity index (χ3v) is 4.34. The van der Waals surface area contributed by atoms with Crippen molar-refractivity contribution in [2.24, 2.45) is 0 Å². The maximum Gasteiger partial charge on any atom is 0.232 e. The van der Waals surface area contributed by atoms with Crippen LogP contribution in [0.15, 0.2) is 0 Å². The summed E-state index contributed by atoms with van der Waals surface area (Å²) < 4.78 is 0.166. The first kappa shape index (κ1) is 15.8. The van der Waals surface area contributed by atoms with E-state index in [0.717, 1.165) is 26.1 Å². The minimum atomic E-state index is 0.166. The van der Waals surface area contributed by atoms with Gasteiger partial charge in [-0.05, 0) is 25.8 Å². The van der Waals surface area contributed by atoms with Crippen molar-refractivity contribution in [2.45, 2.75) is 57.7 Å². The molecule has 1 unspecified atom stereocenters. The van der Waals surface area contributed by atoms with Gasteiger partial charge < -0.3 is 10.2 Å². The molecule has 4 heteroatoms. The smallest absolute Gasteiger partial charge is 0.232 e. The monoisotopic (exact) mass is 272 g/mol. The molecule has 1 fully saturated rings. The van der Waals surface area contributed by atoms with E-state index in [4.69, 9.17) is 0 Å². The number of rotatable bonds is 6. The molecule has 1 rings (SSSR count). The molecule has 1 amide bonds. The molecule has 106 valence electrons. The second-order valence-electron chi connectivity index (χ2n) is 6.03. The van der Waals surface area contributed by atoms with E-state index in [0.29, 0.717) is 17.7 Å². The summed E-state index contributed by atoms with van der Waals surface area (Å²) in [6.45, 7) is 11.5. The van der Waals surface area contributed by atoms with Crippen LogP contribution in [0.3, 0.4) is 0 Å². The van der Waals surface area contributed by atoms with Crippen LogP contribution in [0.1, 0.15) is 47.0 Å². The van der Waals surface area contributed by atoms with Crippen molar-refractivity contribution in [3.63, 3.8) is 0 Å². The average Bonchev–Trinajstić information content (AvgIpc) is 2.77. The Morgan fingerprint density at radius 1 is 1.44 bits per heavy atom. The molecule has 0 saturated carbocycles. The van der Waals surface area contributed by atoms with E-state index in [1.165, 1.54) is 12.8 Å². The lowest BCUT2D eigenvalue weighted by molar-refractivity contribution is -0.128. The first-order valence-electron chi connectivity index (χ1n) is 7.07. The quantitative estimate of drug-likeness (QED) is 0.806. The molecule has 0 aromatic heterocycles. The molecule has 0 aromatic carbocycles. The molecule has 0 radical (unpaired) electrons. The molecule has 0 spiro atoms. The van der Waals surface area contributed by atoms with Crippen molar-refractivity contribution in [1.29, 1.82) is 0 Å². The second-order valence-corrected chi connectivity index (χ2v) is 7.84. The molecule has 1 heterocycles. The lowest BCUT2D eigenvalue weighted by Gasteiger charge is -2.27. The molecule has 1 aliphatic heterocycles. The number of nitrogens with one attached hydrogen (secondary N) is 1. The van der Waals surface area contributed by atoms with Crippen LogP contribution in [0.5, 0.6) is 0 Å². The second kappa shape index (κ2) is 7.39. The fourth-order valence-corrected chi connectivity index (χ4v) is 2.87. The van der Waals surface area contributed by atoms with E-state index < -0.39 is 0 Å². The van der Waals surface area contributed by atoms with Gasteiger partial charge in [0.2, 0.25) is 5.91 Å². The van der Waals surface area contributed by atoms with Crippen LogP contribution in [-0.2, 0) is 4.79 Å². The summed E-state index contributed by atoms with van der Waals surface area (Å²) in [5.41, 5.74) is 0. The summed E-state index contributed by atoms with van der Waals surface area (Å²) in [5, 5.41) is 3.47. The fraction of sp³-hybridized carbons (Fsp3) is 0.929. The molecule has 0 aromatic rings. The maximum absolute atomic E-state index is 12.2. The Morgan fingerprint density at radius 3 is 2.67 bits per heavy atom. The van der Waals surface area contributed by atoms with Gasteiger partial charge in [-0.3, -0.25) is 4.79 Å². The van der Waals surface area contributed by atoms with Crippen LogP contribution in [0, 0.1) is 0 Å². The first-order valence-corrected chi connectivity index (χ1v) is 8.06. The lowest BCUT2D eigenvalue weighted by atomic mass is 10.2. The minimum absolute atomic E-state index is 0.166. The number of amides is 1. The third kappa shape index (κ3) is 6.10. The zero-order valence-corrected chi connectivity index (χ0v) is 13.1. The number of nitrogens with zero attached hydrogens (tertiary/aromatic N) is 1. The summed E-state index contributed by atoms with van der Waals surface area (Å²) in [6.07, 6.45) is 3.49. The highest BCUT2D eigenvalue weighted by Gasteiger charge is 2.22. The van der Waals surface area contributed by atoms with Crippen molar-refractivity contribution in [3.05, 3.63) is 0 Å². The SMILES string of the molecule is CCCN(CC1CCCN1)C(=O)CSC(C)(C)C. The minimum Gasteiger partial charge on any atom is -0.340 e. The largest absolute Gasteiger partial charge is 0.340 e. The van der Waals surface area contributed by atoms with E-state index >= 15 is 0 Å². The van der Waals surface area contributed by atoms with Crippen molar-refractivity contribution in [2.75, 3.05) is 25.4 Å². The molecular formula is C14H28N2OS. The summed E-state index contributed by atoms with van der Waals surface area (Å²) in [4.78, 5) is 14.3. The molecule has 3 nitrogen and oxygen atoms in total. The zero-order valence-electron chi connectivity index (χ0n) is 12.3. The topological polar surface area (TPSA) is 32.3 Å². The summed E-state index contributed by atoms with van der Waals surface area (Å²) >= 11 is 1.74. The molecule has 1 saturated heterocycles. The Hall–Kier alpha value is -0.220. The number of hydrogen-bond donors (Lipinski definition) is 1. The van der Waals surface area contributed by atoms with Crippen molar-refractivity contribution >= 4 is 17.7 Å². The summed E-state index contributed by atoms with van der Waals surface area (Å²) in [7, 11) is 0. The summed E-state index contributed by atoms with van der Waals surface area (Å²) in [5.74, 6) is 0.904. The van der Waals surface area contributed by atoms with E-state index in [-0.39, 0.29) is 4.75 Å². The van der Waals surface area contributed by atoms with Gasteiger partial charge in [-0.25, -0.2) is 0 Å². The van der Waals surface area contributed by atoms with Gasteiger partial charge in [0.05, 0.1) is 5.75 Å². The van der Waals surface area contributed by atoms with Gasteiger partial charge in [0.1, 0.15) is 0 Å². The van der Waals surface area contributed by atoms with Crippen LogP contribution in [0.4, 0.5) is 0 Å².